The Balaban J connectivity index is 1.95. The lowest BCUT2D eigenvalue weighted by Crippen LogP contribution is -2.33. The van der Waals surface area contributed by atoms with Crippen molar-refractivity contribution in [2.24, 2.45) is 0 Å². The molecular formula is C12H20N4O2. The van der Waals surface area contributed by atoms with E-state index in [1.165, 1.54) is 0 Å². The smallest absolute Gasteiger partial charge is 0.272 e. The molecule has 0 bridgehead atoms. The Morgan fingerprint density at radius 1 is 1.61 bits per heavy atom. The van der Waals surface area contributed by atoms with E-state index in [0.29, 0.717) is 18.7 Å². The number of hydrogen-bond donors (Lipinski definition) is 4. The van der Waals surface area contributed by atoms with Crippen LogP contribution in [0.1, 0.15) is 41.5 Å². The van der Waals surface area contributed by atoms with Crippen molar-refractivity contribution in [3.8, 4) is 0 Å². The van der Waals surface area contributed by atoms with Crippen molar-refractivity contribution in [1.82, 2.24) is 20.8 Å². The van der Waals surface area contributed by atoms with Crippen LogP contribution in [0.3, 0.4) is 0 Å². The summed E-state index contributed by atoms with van der Waals surface area (Å²) in [5.41, 5.74) is 2.43. The summed E-state index contributed by atoms with van der Waals surface area (Å²) in [6, 6.07) is 0. The van der Waals surface area contributed by atoms with Crippen LogP contribution in [-0.2, 0) is 13.0 Å². The third-order valence-electron chi connectivity index (χ3n) is 3.14. The topological polar surface area (TPSA) is 90.0 Å². The Kier molecular flexibility index (Phi) is 4.33. The molecule has 1 amide bonds. The summed E-state index contributed by atoms with van der Waals surface area (Å²) in [7, 11) is 0. The van der Waals surface area contributed by atoms with Crippen molar-refractivity contribution in [2.45, 2.75) is 38.8 Å². The zero-order valence-corrected chi connectivity index (χ0v) is 10.6. The fourth-order valence-corrected chi connectivity index (χ4v) is 2.14. The molecule has 6 heteroatoms. The van der Waals surface area contributed by atoms with Crippen LogP contribution in [0, 0.1) is 0 Å². The molecule has 6 nitrogen and oxygen atoms in total. The van der Waals surface area contributed by atoms with E-state index >= 15 is 0 Å². The van der Waals surface area contributed by atoms with Crippen molar-refractivity contribution >= 4 is 5.91 Å². The van der Waals surface area contributed by atoms with Gasteiger partial charge in [-0.15, -0.1) is 0 Å². The number of rotatable bonds is 5. The maximum atomic E-state index is 12.0. The molecule has 2 rings (SSSR count). The number of aliphatic hydroxyl groups excluding tert-OH is 1. The summed E-state index contributed by atoms with van der Waals surface area (Å²) in [6.45, 7) is 3.86. The van der Waals surface area contributed by atoms with Crippen molar-refractivity contribution in [3.05, 3.63) is 17.0 Å². The molecule has 0 radical (unpaired) electrons. The van der Waals surface area contributed by atoms with E-state index in [4.69, 9.17) is 0 Å². The first-order valence-corrected chi connectivity index (χ1v) is 6.45. The van der Waals surface area contributed by atoms with Crippen LogP contribution in [0.5, 0.6) is 0 Å². The average Bonchev–Trinajstić information content (AvgIpc) is 2.80. The molecule has 0 saturated carbocycles. The molecule has 0 aromatic carbocycles. The van der Waals surface area contributed by atoms with Gasteiger partial charge in [-0.2, -0.15) is 5.10 Å². The number of fused-ring (bicyclic) bond motifs is 1. The van der Waals surface area contributed by atoms with Gasteiger partial charge in [0.25, 0.3) is 5.91 Å². The maximum Gasteiger partial charge on any atom is 0.272 e. The Labute approximate surface area is 106 Å². The second-order valence-electron chi connectivity index (χ2n) is 4.61. The molecule has 4 N–H and O–H groups in total. The van der Waals surface area contributed by atoms with Gasteiger partial charge >= 0.3 is 0 Å². The summed E-state index contributed by atoms with van der Waals surface area (Å²) in [4.78, 5) is 12.0. The number of aromatic nitrogens is 2. The van der Waals surface area contributed by atoms with E-state index < -0.39 is 6.10 Å². The first kappa shape index (κ1) is 13.0. The van der Waals surface area contributed by atoms with E-state index in [0.717, 1.165) is 30.6 Å². The van der Waals surface area contributed by atoms with Crippen LogP contribution in [0.4, 0.5) is 0 Å². The Bertz CT molecular complexity index is 416. The van der Waals surface area contributed by atoms with Crippen LogP contribution in [0.25, 0.3) is 0 Å². The zero-order valence-electron chi connectivity index (χ0n) is 10.6. The van der Waals surface area contributed by atoms with Gasteiger partial charge in [-0.1, -0.05) is 13.3 Å². The van der Waals surface area contributed by atoms with Gasteiger partial charge in [0.1, 0.15) is 0 Å². The summed E-state index contributed by atoms with van der Waals surface area (Å²) in [5, 5.41) is 22.5. The monoisotopic (exact) mass is 252 g/mol. The summed E-state index contributed by atoms with van der Waals surface area (Å²) in [6.07, 6.45) is 1.99. The Morgan fingerprint density at radius 2 is 2.44 bits per heavy atom. The number of H-pyrrole nitrogens is 1. The van der Waals surface area contributed by atoms with Crippen LogP contribution in [-0.4, -0.2) is 40.4 Å². The second-order valence-corrected chi connectivity index (χ2v) is 4.61. The van der Waals surface area contributed by atoms with Crippen LogP contribution < -0.4 is 10.6 Å². The summed E-state index contributed by atoms with van der Waals surface area (Å²) < 4.78 is 0. The molecule has 0 saturated heterocycles. The standard InChI is InChI=1S/C12H20N4O2/c1-2-3-8(17)6-14-12(18)11-9-7-13-5-4-10(9)15-16-11/h8,13,17H,2-7H2,1H3,(H,14,18)(H,15,16). The highest BCUT2D eigenvalue weighted by Crippen LogP contribution is 2.14. The number of hydrogen-bond acceptors (Lipinski definition) is 4. The van der Waals surface area contributed by atoms with E-state index in [1.807, 2.05) is 6.92 Å². The van der Waals surface area contributed by atoms with E-state index in [-0.39, 0.29) is 12.5 Å². The van der Waals surface area contributed by atoms with Gasteiger partial charge in [0.2, 0.25) is 0 Å². The number of aliphatic hydroxyl groups is 1. The average molecular weight is 252 g/mol. The first-order chi connectivity index (χ1) is 8.72. The van der Waals surface area contributed by atoms with Gasteiger partial charge in [-0.05, 0) is 6.42 Å². The third-order valence-corrected chi connectivity index (χ3v) is 3.14. The zero-order chi connectivity index (χ0) is 13.0. The SMILES string of the molecule is CCCC(O)CNC(=O)c1n[nH]c2c1CNCC2. The minimum Gasteiger partial charge on any atom is -0.391 e. The van der Waals surface area contributed by atoms with Crippen LogP contribution in [0.2, 0.25) is 0 Å². The predicted octanol–water partition coefficient (Wildman–Crippen LogP) is -0.0538. The Hall–Kier alpha value is -1.40. The lowest BCUT2D eigenvalue weighted by molar-refractivity contribution is 0.0904. The fraction of sp³-hybridized carbons (Fsp3) is 0.667. The maximum absolute atomic E-state index is 12.0. The lowest BCUT2D eigenvalue weighted by atomic mass is 10.1. The van der Waals surface area contributed by atoms with Gasteiger partial charge in [-0.3, -0.25) is 9.89 Å². The second kappa shape index (κ2) is 5.97. The largest absolute Gasteiger partial charge is 0.391 e. The van der Waals surface area contributed by atoms with Gasteiger partial charge < -0.3 is 15.7 Å². The molecule has 1 atom stereocenters. The molecule has 1 aliphatic rings. The van der Waals surface area contributed by atoms with Crippen molar-refractivity contribution in [3.63, 3.8) is 0 Å². The Morgan fingerprint density at radius 3 is 3.22 bits per heavy atom. The number of aromatic amines is 1. The lowest BCUT2D eigenvalue weighted by Gasteiger charge is -2.13. The molecule has 1 aromatic rings. The van der Waals surface area contributed by atoms with Crippen LogP contribution >= 0.6 is 0 Å². The van der Waals surface area contributed by atoms with E-state index in [2.05, 4.69) is 20.8 Å². The van der Waals surface area contributed by atoms with Crippen LogP contribution in [0.15, 0.2) is 0 Å². The van der Waals surface area contributed by atoms with Gasteiger partial charge in [-0.25, -0.2) is 0 Å². The molecule has 0 aliphatic carbocycles. The number of carbonyl (C=O) groups excluding carboxylic acids is 1. The minimum atomic E-state index is -0.480. The predicted molar refractivity (Wildman–Crippen MR) is 67.2 cm³/mol. The third kappa shape index (κ3) is 2.88. The molecule has 1 aliphatic heterocycles. The van der Waals surface area contributed by atoms with Gasteiger partial charge in [0.05, 0.1) is 6.10 Å². The summed E-state index contributed by atoms with van der Waals surface area (Å²) in [5.74, 6) is -0.216. The normalized spacial score (nSPS) is 16.1. The molecule has 0 fully saturated rings. The summed E-state index contributed by atoms with van der Waals surface area (Å²) >= 11 is 0. The molecule has 1 aromatic heterocycles. The quantitative estimate of drug-likeness (QED) is 0.591. The first-order valence-electron chi connectivity index (χ1n) is 6.45. The minimum absolute atomic E-state index is 0.216. The molecule has 1 unspecified atom stereocenters. The number of carbonyl (C=O) groups is 1. The van der Waals surface area contributed by atoms with Gasteiger partial charge in [0.15, 0.2) is 5.69 Å². The molecule has 18 heavy (non-hydrogen) atoms. The number of amides is 1. The number of nitrogens with zero attached hydrogens (tertiary/aromatic N) is 1. The van der Waals surface area contributed by atoms with Crippen molar-refractivity contribution in [1.29, 1.82) is 0 Å². The highest BCUT2D eigenvalue weighted by molar-refractivity contribution is 5.94. The molecule has 0 spiro atoms. The van der Waals surface area contributed by atoms with Gasteiger partial charge in [0, 0.05) is 37.3 Å². The fourth-order valence-electron chi connectivity index (χ4n) is 2.14. The molecular weight excluding hydrogens is 232 g/mol. The number of nitrogens with one attached hydrogen (secondary N) is 3. The van der Waals surface area contributed by atoms with Crippen molar-refractivity contribution < 1.29 is 9.90 Å². The highest BCUT2D eigenvalue weighted by atomic mass is 16.3. The van der Waals surface area contributed by atoms with E-state index in [1.54, 1.807) is 0 Å². The highest BCUT2D eigenvalue weighted by Gasteiger charge is 2.21. The van der Waals surface area contributed by atoms with Crippen molar-refractivity contribution in [2.75, 3.05) is 13.1 Å². The molecule has 2 heterocycles. The molecule has 100 valence electrons. The van der Waals surface area contributed by atoms with E-state index in [9.17, 15) is 9.90 Å².